The number of hydrogen-bond acceptors (Lipinski definition) is 8. The number of methoxy groups -OCH3 is 1. The number of carbonyl (C=O) groups is 2. The molecule has 1 unspecified atom stereocenters. The van der Waals surface area contributed by atoms with Crippen molar-refractivity contribution in [3.8, 4) is 0 Å². The molecule has 1 atom stereocenters. The standard InChI is InChI=1S/C17H25N5O3S/c1-12(17(24)25-2)9-13(23)26-8-6-4-3-5-7-22-11-21-14-15(18)19-10-20-16(14)22/h10-12H,3-9H2,1-2H3,(H2,18,19,20). The number of ether oxygens (including phenoxy) is 1. The van der Waals surface area contributed by atoms with Gasteiger partial charge in [0.25, 0.3) is 0 Å². The van der Waals surface area contributed by atoms with Gasteiger partial charge >= 0.3 is 5.97 Å². The van der Waals surface area contributed by atoms with Gasteiger partial charge in [0.2, 0.25) is 0 Å². The minimum absolute atomic E-state index is 0.0463. The highest BCUT2D eigenvalue weighted by Gasteiger charge is 2.17. The fourth-order valence-corrected chi connectivity index (χ4v) is 3.52. The van der Waals surface area contributed by atoms with Gasteiger partial charge in [0.1, 0.15) is 11.8 Å². The zero-order valence-electron chi connectivity index (χ0n) is 15.2. The number of imidazole rings is 1. The van der Waals surface area contributed by atoms with Crippen LogP contribution in [0.5, 0.6) is 0 Å². The molecule has 2 aromatic heterocycles. The molecule has 26 heavy (non-hydrogen) atoms. The quantitative estimate of drug-likeness (QED) is 0.495. The smallest absolute Gasteiger partial charge is 0.308 e. The highest BCUT2D eigenvalue weighted by Crippen LogP contribution is 2.17. The molecular weight excluding hydrogens is 354 g/mol. The van der Waals surface area contributed by atoms with Crippen LogP contribution in [0, 0.1) is 5.92 Å². The zero-order chi connectivity index (χ0) is 18.9. The molecule has 0 aliphatic heterocycles. The third-order valence-corrected chi connectivity index (χ3v) is 5.04. The number of unbranched alkanes of at least 4 members (excludes halogenated alkanes) is 3. The fourth-order valence-electron chi connectivity index (χ4n) is 2.58. The van der Waals surface area contributed by atoms with Crippen molar-refractivity contribution in [1.29, 1.82) is 0 Å². The van der Waals surface area contributed by atoms with Gasteiger partial charge in [0, 0.05) is 18.7 Å². The van der Waals surface area contributed by atoms with Gasteiger partial charge in [0.05, 0.1) is 19.4 Å². The number of anilines is 1. The van der Waals surface area contributed by atoms with Gasteiger partial charge in [0.15, 0.2) is 16.6 Å². The Bertz CT molecular complexity index is 749. The largest absolute Gasteiger partial charge is 0.469 e. The van der Waals surface area contributed by atoms with Crippen molar-refractivity contribution in [2.75, 3.05) is 18.6 Å². The summed E-state index contributed by atoms with van der Waals surface area (Å²) in [7, 11) is 1.34. The predicted molar refractivity (Wildman–Crippen MR) is 101 cm³/mol. The van der Waals surface area contributed by atoms with Crippen LogP contribution in [0.4, 0.5) is 5.82 Å². The summed E-state index contributed by atoms with van der Waals surface area (Å²) < 4.78 is 6.61. The monoisotopic (exact) mass is 379 g/mol. The molecule has 0 amide bonds. The van der Waals surface area contributed by atoms with Gasteiger partial charge < -0.3 is 15.0 Å². The first kappa shape index (κ1) is 20.2. The van der Waals surface area contributed by atoms with Crippen LogP contribution in [0.2, 0.25) is 0 Å². The molecule has 0 spiro atoms. The van der Waals surface area contributed by atoms with Crippen LogP contribution in [0.1, 0.15) is 39.0 Å². The van der Waals surface area contributed by atoms with Crippen molar-refractivity contribution in [1.82, 2.24) is 19.5 Å². The molecule has 2 N–H and O–H groups in total. The highest BCUT2D eigenvalue weighted by atomic mass is 32.2. The van der Waals surface area contributed by atoms with E-state index in [9.17, 15) is 9.59 Å². The summed E-state index contributed by atoms with van der Waals surface area (Å²) >= 11 is 1.30. The van der Waals surface area contributed by atoms with Crippen molar-refractivity contribution in [3.05, 3.63) is 12.7 Å². The molecule has 142 valence electrons. The Balaban J connectivity index is 1.59. The maximum absolute atomic E-state index is 11.8. The summed E-state index contributed by atoms with van der Waals surface area (Å²) in [5.41, 5.74) is 7.18. The molecule has 0 aliphatic carbocycles. The van der Waals surface area contributed by atoms with Gasteiger partial charge in [-0.1, -0.05) is 31.5 Å². The van der Waals surface area contributed by atoms with Crippen molar-refractivity contribution in [2.45, 2.75) is 45.6 Å². The van der Waals surface area contributed by atoms with Gasteiger partial charge in [-0.3, -0.25) is 9.59 Å². The Hall–Kier alpha value is -2.16. The average Bonchev–Trinajstić information content (AvgIpc) is 3.04. The normalized spacial score (nSPS) is 12.2. The fraction of sp³-hybridized carbons (Fsp3) is 0.588. The summed E-state index contributed by atoms with van der Waals surface area (Å²) in [6.07, 6.45) is 7.52. The number of rotatable bonds is 10. The molecule has 0 radical (unpaired) electrons. The van der Waals surface area contributed by atoms with Gasteiger partial charge in [-0.2, -0.15) is 0 Å². The van der Waals surface area contributed by atoms with Crippen LogP contribution in [0.25, 0.3) is 11.2 Å². The van der Waals surface area contributed by atoms with Crippen molar-refractivity contribution in [3.63, 3.8) is 0 Å². The molecule has 2 heterocycles. The van der Waals surface area contributed by atoms with E-state index in [4.69, 9.17) is 5.73 Å². The Labute approximate surface area is 156 Å². The summed E-state index contributed by atoms with van der Waals surface area (Å²) in [6, 6.07) is 0. The first-order valence-corrected chi connectivity index (χ1v) is 9.66. The molecule has 0 aromatic carbocycles. The van der Waals surface area contributed by atoms with E-state index < -0.39 is 0 Å². The van der Waals surface area contributed by atoms with Crippen molar-refractivity contribution in [2.24, 2.45) is 5.92 Å². The van der Waals surface area contributed by atoms with E-state index in [1.54, 1.807) is 13.3 Å². The number of aryl methyl sites for hydroxylation is 1. The average molecular weight is 379 g/mol. The summed E-state index contributed by atoms with van der Waals surface area (Å²) in [5.74, 6) is 0.475. The van der Waals surface area contributed by atoms with E-state index >= 15 is 0 Å². The second kappa shape index (κ2) is 10.1. The van der Waals surface area contributed by atoms with E-state index in [0.717, 1.165) is 43.6 Å². The molecule has 0 aliphatic rings. The van der Waals surface area contributed by atoms with Crippen LogP contribution in [-0.4, -0.2) is 43.5 Å². The number of nitrogens with zero attached hydrogens (tertiary/aromatic N) is 4. The second-order valence-corrected chi connectivity index (χ2v) is 7.28. The lowest BCUT2D eigenvalue weighted by atomic mass is 10.1. The van der Waals surface area contributed by atoms with Crippen LogP contribution in [0.15, 0.2) is 12.7 Å². The number of esters is 1. The van der Waals surface area contributed by atoms with E-state index in [1.165, 1.54) is 25.2 Å². The lowest BCUT2D eigenvalue weighted by molar-refractivity contribution is -0.145. The highest BCUT2D eigenvalue weighted by molar-refractivity contribution is 8.13. The summed E-state index contributed by atoms with van der Waals surface area (Å²) in [6.45, 7) is 2.54. The third kappa shape index (κ3) is 5.69. The minimum Gasteiger partial charge on any atom is -0.469 e. The molecule has 2 aromatic rings. The number of thioether (sulfide) groups is 1. The number of hydrogen-bond donors (Lipinski definition) is 1. The molecule has 0 fully saturated rings. The maximum Gasteiger partial charge on any atom is 0.308 e. The van der Waals surface area contributed by atoms with Crippen molar-refractivity contribution < 1.29 is 14.3 Å². The second-order valence-electron chi connectivity index (χ2n) is 6.13. The van der Waals surface area contributed by atoms with E-state index in [-0.39, 0.29) is 23.4 Å². The number of nitrogen functional groups attached to an aromatic ring is 1. The molecule has 0 saturated carbocycles. The van der Waals surface area contributed by atoms with Gasteiger partial charge in [-0.05, 0) is 12.8 Å². The third-order valence-electron chi connectivity index (χ3n) is 4.06. The van der Waals surface area contributed by atoms with Crippen LogP contribution < -0.4 is 5.73 Å². The number of fused-ring (bicyclic) bond motifs is 1. The van der Waals surface area contributed by atoms with E-state index in [1.807, 2.05) is 4.57 Å². The zero-order valence-corrected chi connectivity index (χ0v) is 16.0. The molecule has 9 heteroatoms. The van der Waals surface area contributed by atoms with Crippen LogP contribution in [0.3, 0.4) is 0 Å². The number of carbonyl (C=O) groups excluding carboxylic acids is 2. The first-order valence-electron chi connectivity index (χ1n) is 8.67. The molecular formula is C17H25N5O3S. The minimum atomic E-state index is -0.372. The number of aromatic nitrogens is 4. The Morgan fingerprint density at radius 2 is 2.00 bits per heavy atom. The molecule has 0 bridgehead atoms. The number of nitrogens with two attached hydrogens (primary N) is 1. The van der Waals surface area contributed by atoms with Crippen molar-refractivity contribution >= 4 is 39.8 Å². The van der Waals surface area contributed by atoms with Crippen LogP contribution in [-0.2, 0) is 20.9 Å². The Morgan fingerprint density at radius 1 is 1.23 bits per heavy atom. The maximum atomic E-state index is 11.8. The molecule has 2 rings (SSSR count). The predicted octanol–water partition coefficient (Wildman–Crippen LogP) is 2.43. The van der Waals surface area contributed by atoms with Gasteiger partial charge in [-0.25, -0.2) is 15.0 Å². The molecule has 0 saturated heterocycles. The Kier molecular flexibility index (Phi) is 7.83. The lowest BCUT2D eigenvalue weighted by Crippen LogP contribution is -2.15. The van der Waals surface area contributed by atoms with E-state index in [0.29, 0.717) is 11.3 Å². The first-order chi connectivity index (χ1) is 12.5. The summed E-state index contributed by atoms with van der Waals surface area (Å²) in [5, 5.41) is 0.0463. The topological polar surface area (TPSA) is 113 Å². The summed E-state index contributed by atoms with van der Waals surface area (Å²) in [4.78, 5) is 35.5. The SMILES string of the molecule is COC(=O)C(C)CC(=O)SCCCCCCn1cnc2c(N)ncnc21. The van der Waals surface area contributed by atoms with E-state index in [2.05, 4.69) is 19.7 Å². The molecule has 8 nitrogen and oxygen atoms in total. The Morgan fingerprint density at radius 3 is 2.77 bits per heavy atom. The lowest BCUT2D eigenvalue weighted by Gasteiger charge is -2.07. The van der Waals surface area contributed by atoms with Crippen LogP contribution >= 0.6 is 11.8 Å². The van der Waals surface area contributed by atoms with Gasteiger partial charge in [-0.15, -0.1) is 0 Å².